The highest BCUT2D eigenvalue weighted by Gasteiger charge is 2.36. The second-order valence-corrected chi connectivity index (χ2v) is 4.25. The molecule has 0 spiro atoms. The summed E-state index contributed by atoms with van der Waals surface area (Å²) in [7, 11) is 1.24. The summed E-state index contributed by atoms with van der Waals surface area (Å²) in [5.41, 5.74) is 4.33. The molecule has 3 nitrogen and oxygen atoms in total. The first kappa shape index (κ1) is 15.8. The molecule has 1 rings (SSSR count). The number of rotatable bonds is 4. The summed E-state index contributed by atoms with van der Waals surface area (Å²) in [5, 5.41) is 0.0942. The number of nitrogens with two attached hydrogens (primary N) is 1. The van der Waals surface area contributed by atoms with Crippen LogP contribution >= 0.6 is 11.6 Å². The zero-order valence-corrected chi connectivity index (χ0v) is 11.7. The van der Waals surface area contributed by atoms with Crippen molar-refractivity contribution in [1.29, 1.82) is 0 Å². The molecule has 0 fully saturated rings. The summed E-state index contributed by atoms with van der Waals surface area (Å²) in [5.74, 6) is -0.140. The smallest absolute Gasteiger partial charge is 0.418 e. The van der Waals surface area contributed by atoms with Gasteiger partial charge in [0.15, 0.2) is 5.75 Å². The second kappa shape index (κ2) is 5.77. The molecule has 0 aromatic heterocycles. The van der Waals surface area contributed by atoms with Gasteiger partial charge in [-0.3, -0.25) is 0 Å². The van der Waals surface area contributed by atoms with Crippen LogP contribution in [0.4, 0.5) is 24.5 Å². The van der Waals surface area contributed by atoms with Gasteiger partial charge < -0.3 is 15.4 Å². The molecule has 0 radical (unpaired) electrons. The zero-order valence-electron chi connectivity index (χ0n) is 10.9. The molecule has 0 atom stereocenters. The summed E-state index contributed by atoms with van der Waals surface area (Å²) in [6.45, 7) is 4.72. The quantitative estimate of drug-likeness (QED) is 0.859. The van der Waals surface area contributed by atoms with Crippen LogP contribution in [0.3, 0.4) is 0 Å². The van der Waals surface area contributed by atoms with Crippen LogP contribution in [0.5, 0.6) is 5.75 Å². The molecule has 1 aromatic carbocycles. The van der Waals surface area contributed by atoms with Crippen molar-refractivity contribution in [1.82, 2.24) is 0 Å². The van der Waals surface area contributed by atoms with Crippen molar-refractivity contribution in [3.05, 3.63) is 16.7 Å². The first-order valence-electron chi connectivity index (χ1n) is 5.75. The van der Waals surface area contributed by atoms with E-state index < -0.39 is 17.4 Å². The number of ether oxygens (including phenoxy) is 1. The Morgan fingerprint density at radius 3 is 2.21 bits per heavy atom. The fraction of sp³-hybridized carbons (Fsp3) is 0.500. The molecule has 1 aromatic rings. The van der Waals surface area contributed by atoms with Crippen LogP contribution in [0.1, 0.15) is 19.4 Å². The Bertz CT molecular complexity index is 459. The summed E-state index contributed by atoms with van der Waals surface area (Å²) in [6, 6.07) is 0.965. The zero-order chi connectivity index (χ0) is 14.8. The average molecular weight is 297 g/mol. The molecule has 0 aliphatic carbocycles. The van der Waals surface area contributed by atoms with Crippen molar-refractivity contribution in [2.45, 2.75) is 20.0 Å². The van der Waals surface area contributed by atoms with E-state index >= 15 is 0 Å². The van der Waals surface area contributed by atoms with Crippen LogP contribution in [0.25, 0.3) is 0 Å². The molecular weight excluding hydrogens is 281 g/mol. The molecule has 0 saturated carbocycles. The van der Waals surface area contributed by atoms with E-state index in [0.29, 0.717) is 13.1 Å². The molecule has 0 heterocycles. The van der Waals surface area contributed by atoms with E-state index in [0.717, 1.165) is 6.07 Å². The molecule has 0 bridgehead atoms. The molecule has 7 heteroatoms. The molecule has 0 unspecified atom stereocenters. The lowest BCUT2D eigenvalue weighted by molar-refractivity contribution is -0.136. The Hall–Kier alpha value is -1.30. The van der Waals surface area contributed by atoms with Crippen molar-refractivity contribution in [3.8, 4) is 5.75 Å². The molecule has 0 aliphatic rings. The Morgan fingerprint density at radius 2 is 1.84 bits per heavy atom. The van der Waals surface area contributed by atoms with Crippen LogP contribution in [0, 0.1) is 0 Å². The molecule has 2 N–H and O–H groups in total. The third-order valence-electron chi connectivity index (χ3n) is 2.85. The molecule has 19 heavy (non-hydrogen) atoms. The van der Waals surface area contributed by atoms with Crippen molar-refractivity contribution >= 4 is 23.0 Å². The van der Waals surface area contributed by atoms with Gasteiger partial charge in [-0.15, -0.1) is 0 Å². The van der Waals surface area contributed by atoms with Crippen molar-refractivity contribution in [3.63, 3.8) is 0 Å². The number of halogens is 4. The summed E-state index contributed by atoms with van der Waals surface area (Å²) in [6.07, 6.45) is -4.55. The monoisotopic (exact) mass is 296 g/mol. The predicted molar refractivity (Wildman–Crippen MR) is 71.0 cm³/mol. The van der Waals surface area contributed by atoms with E-state index in [-0.39, 0.29) is 16.5 Å². The minimum atomic E-state index is -4.55. The van der Waals surface area contributed by atoms with E-state index in [1.807, 2.05) is 13.8 Å². The van der Waals surface area contributed by atoms with Crippen LogP contribution in [-0.4, -0.2) is 20.2 Å². The highest BCUT2D eigenvalue weighted by molar-refractivity contribution is 6.35. The highest BCUT2D eigenvalue weighted by atomic mass is 35.5. The van der Waals surface area contributed by atoms with Gasteiger partial charge in [0, 0.05) is 13.1 Å². The minimum absolute atomic E-state index is 0.0942. The third-order valence-corrected chi connectivity index (χ3v) is 3.22. The Balaban J connectivity index is 3.57. The van der Waals surface area contributed by atoms with E-state index in [1.54, 1.807) is 4.90 Å². The topological polar surface area (TPSA) is 38.5 Å². The number of nitrogen functional groups attached to an aromatic ring is 1. The first-order chi connectivity index (χ1) is 8.77. The predicted octanol–water partition coefficient (Wildman–Crippen LogP) is 3.80. The molecule has 108 valence electrons. The van der Waals surface area contributed by atoms with Crippen LogP contribution in [0.2, 0.25) is 5.02 Å². The van der Waals surface area contributed by atoms with E-state index in [9.17, 15) is 13.2 Å². The Kier molecular flexibility index (Phi) is 4.79. The minimum Gasteiger partial charge on any atom is -0.493 e. The Morgan fingerprint density at radius 1 is 1.32 bits per heavy atom. The normalized spacial score (nSPS) is 11.5. The first-order valence-corrected chi connectivity index (χ1v) is 6.13. The van der Waals surface area contributed by atoms with Gasteiger partial charge in [0.05, 0.1) is 24.0 Å². The summed E-state index contributed by atoms with van der Waals surface area (Å²) >= 11 is 6.07. The number of methoxy groups -OCH3 is 1. The third kappa shape index (κ3) is 3.00. The van der Waals surface area contributed by atoms with Gasteiger partial charge in [0.25, 0.3) is 0 Å². The van der Waals surface area contributed by atoms with Crippen LogP contribution < -0.4 is 15.4 Å². The van der Waals surface area contributed by atoms with Crippen molar-refractivity contribution in [2.24, 2.45) is 0 Å². The second-order valence-electron chi connectivity index (χ2n) is 3.87. The number of alkyl halides is 3. The van der Waals surface area contributed by atoms with E-state index in [1.165, 1.54) is 7.11 Å². The van der Waals surface area contributed by atoms with E-state index in [4.69, 9.17) is 22.1 Å². The lowest BCUT2D eigenvalue weighted by Gasteiger charge is -2.25. The highest BCUT2D eigenvalue weighted by Crippen LogP contribution is 2.46. The maximum absolute atomic E-state index is 13.0. The molecular formula is C12H16ClF3N2O. The van der Waals surface area contributed by atoms with Gasteiger partial charge in [0.1, 0.15) is 5.02 Å². The number of hydrogen-bond acceptors (Lipinski definition) is 3. The fourth-order valence-electron chi connectivity index (χ4n) is 1.86. The maximum atomic E-state index is 13.0. The number of hydrogen-bond donors (Lipinski definition) is 1. The van der Waals surface area contributed by atoms with Crippen molar-refractivity contribution in [2.75, 3.05) is 30.8 Å². The maximum Gasteiger partial charge on any atom is 0.418 e. The number of nitrogens with zero attached hydrogens (tertiary/aromatic N) is 1. The van der Waals surface area contributed by atoms with Gasteiger partial charge in [-0.25, -0.2) is 0 Å². The summed E-state index contributed by atoms with van der Waals surface area (Å²) in [4.78, 5) is 1.71. The van der Waals surface area contributed by atoms with Gasteiger partial charge >= 0.3 is 6.18 Å². The lowest BCUT2D eigenvalue weighted by atomic mass is 10.1. The van der Waals surface area contributed by atoms with Gasteiger partial charge in [0.2, 0.25) is 0 Å². The van der Waals surface area contributed by atoms with Crippen LogP contribution in [-0.2, 0) is 6.18 Å². The van der Waals surface area contributed by atoms with Gasteiger partial charge in [-0.1, -0.05) is 11.6 Å². The fourth-order valence-corrected chi connectivity index (χ4v) is 2.22. The summed E-state index contributed by atoms with van der Waals surface area (Å²) < 4.78 is 43.8. The lowest BCUT2D eigenvalue weighted by Crippen LogP contribution is -2.23. The standard InChI is InChI=1S/C12H16ClF3N2O/c1-4-18(5-2)8-6-7(12(14,15)16)10(17)11(19-3)9(8)13/h6H,4-5,17H2,1-3H3. The van der Waals surface area contributed by atoms with Crippen LogP contribution in [0.15, 0.2) is 6.07 Å². The SMILES string of the molecule is CCN(CC)c1cc(C(F)(F)F)c(N)c(OC)c1Cl. The molecule has 0 amide bonds. The van der Waals surface area contributed by atoms with E-state index in [2.05, 4.69) is 0 Å². The Labute approximate surface area is 115 Å². The van der Waals surface area contributed by atoms with Crippen molar-refractivity contribution < 1.29 is 17.9 Å². The van der Waals surface area contributed by atoms with Gasteiger partial charge in [-0.05, 0) is 19.9 Å². The molecule has 0 saturated heterocycles. The van der Waals surface area contributed by atoms with Gasteiger partial charge in [-0.2, -0.15) is 13.2 Å². The molecule has 0 aliphatic heterocycles. The number of benzene rings is 1. The largest absolute Gasteiger partial charge is 0.493 e. The average Bonchev–Trinajstić information content (AvgIpc) is 2.32. The number of anilines is 2.